The summed E-state index contributed by atoms with van der Waals surface area (Å²) < 4.78 is 0. The number of carbonyl (C=O) groups is 1. The van der Waals surface area contributed by atoms with Crippen molar-refractivity contribution >= 4 is 5.91 Å². The lowest BCUT2D eigenvalue weighted by molar-refractivity contribution is -0.136. The molecule has 1 atom stereocenters. The highest BCUT2D eigenvalue weighted by molar-refractivity contribution is 5.79. The number of hydrogen-bond donors (Lipinski definition) is 1. The standard InChI is InChI=1S/C12H24N2O/c1-3-4-11(9-13)12(15)14-7-5-10(2)6-8-14/h10-11H,3-9,13H2,1-2H3. The van der Waals surface area contributed by atoms with Crippen LogP contribution in [0.5, 0.6) is 0 Å². The van der Waals surface area contributed by atoms with Crippen molar-refractivity contribution in [3.63, 3.8) is 0 Å². The molecule has 0 bridgehead atoms. The van der Waals surface area contributed by atoms with Crippen LogP contribution in [0.25, 0.3) is 0 Å². The summed E-state index contributed by atoms with van der Waals surface area (Å²) in [6.45, 7) is 6.72. The van der Waals surface area contributed by atoms with Crippen molar-refractivity contribution < 1.29 is 4.79 Å². The summed E-state index contributed by atoms with van der Waals surface area (Å²) in [7, 11) is 0. The lowest BCUT2D eigenvalue weighted by Gasteiger charge is -2.32. The number of rotatable bonds is 4. The Bertz CT molecular complexity index is 198. The lowest BCUT2D eigenvalue weighted by atomic mass is 9.96. The number of piperidine rings is 1. The predicted molar refractivity (Wildman–Crippen MR) is 62.4 cm³/mol. The van der Waals surface area contributed by atoms with Crippen LogP contribution in [-0.4, -0.2) is 30.4 Å². The summed E-state index contributed by atoms with van der Waals surface area (Å²) in [5.41, 5.74) is 5.65. The second-order valence-electron chi connectivity index (χ2n) is 4.73. The van der Waals surface area contributed by atoms with E-state index in [0.29, 0.717) is 6.54 Å². The highest BCUT2D eigenvalue weighted by atomic mass is 16.2. The normalized spacial score (nSPS) is 20.3. The minimum absolute atomic E-state index is 0.0587. The third-order valence-corrected chi connectivity index (χ3v) is 3.37. The van der Waals surface area contributed by atoms with E-state index >= 15 is 0 Å². The summed E-state index contributed by atoms with van der Waals surface area (Å²) in [5, 5.41) is 0. The van der Waals surface area contributed by atoms with Gasteiger partial charge in [0.1, 0.15) is 0 Å². The molecule has 1 fully saturated rings. The molecule has 1 unspecified atom stereocenters. The third-order valence-electron chi connectivity index (χ3n) is 3.37. The quantitative estimate of drug-likeness (QED) is 0.769. The molecule has 0 radical (unpaired) electrons. The van der Waals surface area contributed by atoms with Crippen LogP contribution in [0.4, 0.5) is 0 Å². The zero-order chi connectivity index (χ0) is 11.3. The van der Waals surface area contributed by atoms with Crippen molar-refractivity contribution in [2.24, 2.45) is 17.6 Å². The number of amides is 1. The van der Waals surface area contributed by atoms with E-state index in [4.69, 9.17) is 5.73 Å². The first kappa shape index (κ1) is 12.5. The van der Waals surface area contributed by atoms with Gasteiger partial charge in [-0.1, -0.05) is 20.3 Å². The zero-order valence-electron chi connectivity index (χ0n) is 10.0. The van der Waals surface area contributed by atoms with E-state index in [0.717, 1.165) is 44.7 Å². The van der Waals surface area contributed by atoms with Gasteiger partial charge in [0.15, 0.2) is 0 Å². The zero-order valence-corrected chi connectivity index (χ0v) is 10.0. The molecule has 1 aliphatic heterocycles. The molecular weight excluding hydrogens is 188 g/mol. The molecule has 1 heterocycles. The van der Waals surface area contributed by atoms with Crippen molar-refractivity contribution in [3.05, 3.63) is 0 Å². The van der Waals surface area contributed by atoms with Crippen LogP contribution in [0.1, 0.15) is 39.5 Å². The first-order valence-electron chi connectivity index (χ1n) is 6.17. The van der Waals surface area contributed by atoms with E-state index in [1.165, 1.54) is 0 Å². The van der Waals surface area contributed by atoms with Crippen molar-refractivity contribution in [2.75, 3.05) is 19.6 Å². The van der Waals surface area contributed by atoms with Gasteiger partial charge in [-0.25, -0.2) is 0 Å². The molecule has 1 saturated heterocycles. The van der Waals surface area contributed by atoms with Gasteiger partial charge in [-0.15, -0.1) is 0 Å². The first-order chi connectivity index (χ1) is 7.19. The molecule has 0 aromatic rings. The maximum absolute atomic E-state index is 12.1. The molecular formula is C12H24N2O. The minimum Gasteiger partial charge on any atom is -0.342 e. The maximum Gasteiger partial charge on any atom is 0.226 e. The van der Waals surface area contributed by atoms with E-state index in [1.54, 1.807) is 0 Å². The fourth-order valence-electron chi connectivity index (χ4n) is 2.18. The molecule has 1 amide bonds. The number of hydrogen-bond acceptors (Lipinski definition) is 2. The summed E-state index contributed by atoms with van der Waals surface area (Å²) in [4.78, 5) is 14.1. The van der Waals surface area contributed by atoms with Gasteiger partial charge < -0.3 is 10.6 Å². The van der Waals surface area contributed by atoms with Gasteiger partial charge in [-0.05, 0) is 25.2 Å². The number of likely N-dealkylation sites (tertiary alicyclic amines) is 1. The molecule has 3 nitrogen and oxygen atoms in total. The van der Waals surface area contributed by atoms with Crippen LogP contribution in [0.3, 0.4) is 0 Å². The highest BCUT2D eigenvalue weighted by Gasteiger charge is 2.25. The topological polar surface area (TPSA) is 46.3 Å². The SMILES string of the molecule is CCCC(CN)C(=O)N1CCC(C)CC1. The Morgan fingerprint density at radius 1 is 1.47 bits per heavy atom. The van der Waals surface area contributed by atoms with Crippen molar-refractivity contribution in [1.82, 2.24) is 4.90 Å². The van der Waals surface area contributed by atoms with Gasteiger partial charge in [0.05, 0.1) is 5.92 Å². The molecule has 1 rings (SSSR count). The van der Waals surface area contributed by atoms with E-state index in [-0.39, 0.29) is 11.8 Å². The Morgan fingerprint density at radius 3 is 2.53 bits per heavy atom. The Morgan fingerprint density at radius 2 is 2.07 bits per heavy atom. The number of nitrogens with zero attached hydrogens (tertiary/aromatic N) is 1. The maximum atomic E-state index is 12.1. The molecule has 88 valence electrons. The fourth-order valence-corrected chi connectivity index (χ4v) is 2.18. The largest absolute Gasteiger partial charge is 0.342 e. The Labute approximate surface area is 93.0 Å². The monoisotopic (exact) mass is 212 g/mol. The van der Waals surface area contributed by atoms with Crippen molar-refractivity contribution in [1.29, 1.82) is 0 Å². The molecule has 1 aliphatic rings. The van der Waals surface area contributed by atoms with Crippen LogP contribution < -0.4 is 5.73 Å². The Kier molecular flexibility index (Phi) is 5.09. The number of carbonyl (C=O) groups excluding carboxylic acids is 1. The summed E-state index contributed by atoms with van der Waals surface area (Å²) in [6, 6.07) is 0. The summed E-state index contributed by atoms with van der Waals surface area (Å²) in [6.07, 6.45) is 4.27. The Hall–Kier alpha value is -0.570. The van der Waals surface area contributed by atoms with Crippen LogP contribution in [0, 0.1) is 11.8 Å². The first-order valence-corrected chi connectivity index (χ1v) is 6.17. The smallest absolute Gasteiger partial charge is 0.226 e. The average Bonchev–Trinajstić information content (AvgIpc) is 2.26. The van der Waals surface area contributed by atoms with Crippen LogP contribution in [0.2, 0.25) is 0 Å². The van der Waals surface area contributed by atoms with Gasteiger partial charge in [-0.3, -0.25) is 4.79 Å². The molecule has 15 heavy (non-hydrogen) atoms. The number of nitrogens with two attached hydrogens (primary N) is 1. The van der Waals surface area contributed by atoms with Gasteiger partial charge >= 0.3 is 0 Å². The van der Waals surface area contributed by atoms with E-state index in [1.807, 2.05) is 4.90 Å². The van der Waals surface area contributed by atoms with Crippen LogP contribution in [0.15, 0.2) is 0 Å². The third kappa shape index (κ3) is 3.49. The van der Waals surface area contributed by atoms with Gasteiger partial charge in [0.25, 0.3) is 0 Å². The van der Waals surface area contributed by atoms with Crippen LogP contribution >= 0.6 is 0 Å². The second-order valence-corrected chi connectivity index (χ2v) is 4.73. The van der Waals surface area contributed by atoms with E-state index in [9.17, 15) is 4.79 Å². The molecule has 0 spiro atoms. The predicted octanol–water partition coefficient (Wildman–Crippen LogP) is 1.62. The Balaban J connectivity index is 2.44. The minimum atomic E-state index is 0.0587. The average molecular weight is 212 g/mol. The van der Waals surface area contributed by atoms with Gasteiger partial charge in [0.2, 0.25) is 5.91 Å². The highest BCUT2D eigenvalue weighted by Crippen LogP contribution is 2.19. The molecule has 2 N–H and O–H groups in total. The molecule has 3 heteroatoms. The van der Waals surface area contributed by atoms with Crippen molar-refractivity contribution in [2.45, 2.75) is 39.5 Å². The molecule has 0 aromatic heterocycles. The van der Waals surface area contributed by atoms with Crippen LogP contribution in [-0.2, 0) is 4.79 Å². The fraction of sp³-hybridized carbons (Fsp3) is 0.917. The summed E-state index contributed by atoms with van der Waals surface area (Å²) >= 11 is 0. The molecule has 0 saturated carbocycles. The van der Waals surface area contributed by atoms with E-state index in [2.05, 4.69) is 13.8 Å². The van der Waals surface area contributed by atoms with Gasteiger partial charge in [-0.2, -0.15) is 0 Å². The lowest BCUT2D eigenvalue weighted by Crippen LogP contribution is -2.43. The van der Waals surface area contributed by atoms with E-state index < -0.39 is 0 Å². The van der Waals surface area contributed by atoms with Crippen molar-refractivity contribution in [3.8, 4) is 0 Å². The molecule has 0 aliphatic carbocycles. The summed E-state index contributed by atoms with van der Waals surface area (Å²) in [5.74, 6) is 1.12. The second kappa shape index (κ2) is 6.11. The molecule has 0 aromatic carbocycles. The van der Waals surface area contributed by atoms with Gasteiger partial charge in [0, 0.05) is 19.6 Å².